The molecule has 1 nitrogen and oxygen atoms in total. The molecular weight excluding hydrogens is 264 g/mol. The Balaban J connectivity index is 1.93. The van der Waals surface area contributed by atoms with Crippen LogP contribution in [0.5, 0.6) is 0 Å². The number of alkyl halides is 1. The number of benzene rings is 1. The third-order valence-electron chi connectivity index (χ3n) is 3.22. The van der Waals surface area contributed by atoms with Gasteiger partial charge in [0.05, 0.1) is 6.61 Å². The van der Waals surface area contributed by atoms with Crippen molar-refractivity contribution >= 4 is 15.9 Å². The smallest absolute Gasteiger partial charge is 0.0505 e. The van der Waals surface area contributed by atoms with Crippen molar-refractivity contribution in [2.45, 2.75) is 31.0 Å². The molecule has 1 aliphatic rings. The molecule has 1 aliphatic heterocycles. The van der Waals surface area contributed by atoms with Crippen molar-refractivity contribution in [1.29, 1.82) is 0 Å². The highest BCUT2D eigenvalue weighted by molar-refractivity contribution is 9.09. The van der Waals surface area contributed by atoms with Gasteiger partial charge in [0.1, 0.15) is 0 Å². The number of rotatable bonds is 3. The van der Waals surface area contributed by atoms with Crippen LogP contribution in [-0.4, -0.2) is 18.0 Å². The minimum Gasteiger partial charge on any atom is -0.381 e. The molecule has 2 atom stereocenters. The lowest BCUT2D eigenvalue weighted by Crippen LogP contribution is -2.26. The Morgan fingerprint density at radius 1 is 1.50 bits per heavy atom. The summed E-state index contributed by atoms with van der Waals surface area (Å²) in [5.41, 5.74) is 2.77. The van der Waals surface area contributed by atoms with Gasteiger partial charge in [-0.05, 0) is 37.7 Å². The third kappa shape index (κ3) is 3.33. The summed E-state index contributed by atoms with van der Waals surface area (Å²) in [6.45, 7) is 4.01. The van der Waals surface area contributed by atoms with Crippen LogP contribution in [0.15, 0.2) is 24.3 Å². The number of aryl methyl sites for hydroxylation is 1. The van der Waals surface area contributed by atoms with E-state index in [1.807, 2.05) is 0 Å². The molecule has 16 heavy (non-hydrogen) atoms. The fraction of sp³-hybridized carbons (Fsp3) is 0.571. The molecule has 0 radical (unpaired) electrons. The van der Waals surface area contributed by atoms with Gasteiger partial charge in [0, 0.05) is 11.4 Å². The van der Waals surface area contributed by atoms with Crippen LogP contribution in [0.3, 0.4) is 0 Å². The summed E-state index contributed by atoms with van der Waals surface area (Å²) >= 11 is 3.82. The second-order valence-corrected chi connectivity index (χ2v) is 5.86. The minimum atomic E-state index is 0.551. The molecule has 0 spiro atoms. The maximum absolute atomic E-state index is 5.53. The maximum atomic E-state index is 5.53. The van der Waals surface area contributed by atoms with E-state index in [-0.39, 0.29) is 0 Å². The lowest BCUT2D eigenvalue weighted by Gasteiger charge is -2.26. The van der Waals surface area contributed by atoms with Gasteiger partial charge in [-0.2, -0.15) is 0 Å². The molecule has 2 unspecified atom stereocenters. The summed E-state index contributed by atoms with van der Waals surface area (Å²) in [6.07, 6.45) is 3.61. The first kappa shape index (κ1) is 12.1. The molecule has 88 valence electrons. The fourth-order valence-corrected chi connectivity index (χ4v) is 3.07. The van der Waals surface area contributed by atoms with Crippen LogP contribution in [0, 0.1) is 12.8 Å². The second kappa shape index (κ2) is 5.83. The van der Waals surface area contributed by atoms with Gasteiger partial charge in [-0.15, -0.1) is 0 Å². The summed E-state index contributed by atoms with van der Waals surface area (Å²) in [5, 5.41) is 0. The van der Waals surface area contributed by atoms with Gasteiger partial charge in [0.25, 0.3) is 0 Å². The first-order valence-electron chi connectivity index (χ1n) is 6.03. The summed E-state index contributed by atoms with van der Waals surface area (Å²) < 4.78 is 5.53. The minimum absolute atomic E-state index is 0.551. The van der Waals surface area contributed by atoms with Crippen molar-refractivity contribution in [2.75, 3.05) is 13.2 Å². The maximum Gasteiger partial charge on any atom is 0.0505 e. The summed E-state index contributed by atoms with van der Waals surface area (Å²) in [5.74, 6) is 0.675. The van der Waals surface area contributed by atoms with Gasteiger partial charge in [-0.3, -0.25) is 0 Å². The molecule has 0 bridgehead atoms. The molecule has 1 heterocycles. The molecule has 1 aromatic carbocycles. The van der Waals surface area contributed by atoms with Crippen molar-refractivity contribution in [2.24, 2.45) is 5.92 Å². The molecule has 0 N–H and O–H groups in total. The van der Waals surface area contributed by atoms with E-state index in [0.717, 1.165) is 19.6 Å². The first-order chi connectivity index (χ1) is 7.75. The summed E-state index contributed by atoms with van der Waals surface area (Å²) in [4.78, 5) is 0.551. The van der Waals surface area contributed by atoms with E-state index in [9.17, 15) is 0 Å². The molecule has 1 fully saturated rings. The van der Waals surface area contributed by atoms with Crippen molar-refractivity contribution in [3.8, 4) is 0 Å². The average molecular weight is 283 g/mol. The van der Waals surface area contributed by atoms with Gasteiger partial charge >= 0.3 is 0 Å². The predicted molar refractivity (Wildman–Crippen MR) is 71.1 cm³/mol. The van der Waals surface area contributed by atoms with E-state index in [2.05, 4.69) is 47.1 Å². The van der Waals surface area contributed by atoms with Gasteiger partial charge in [0.15, 0.2) is 0 Å². The quantitative estimate of drug-likeness (QED) is 0.768. The van der Waals surface area contributed by atoms with Gasteiger partial charge < -0.3 is 4.74 Å². The standard InChI is InChI=1S/C14H19BrO/c1-11-4-2-5-12(8-11)9-14(15)13-6-3-7-16-10-13/h2,4-5,8,13-14H,3,6-7,9-10H2,1H3. The first-order valence-corrected chi connectivity index (χ1v) is 6.94. The Kier molecular flexibility index (Phi) is 4.42. The van der Waals surface area contributed by atoms with Crippen molar-refractivity contribution in [3.63, 3.8) is 0 Å². The van der Waals surface area contributed by atoms with E-state index in [4.69, 9.17) is 4.74 Å². The fourth-order valence-electron chi connectivity index (χ4n) is 2.28. The van der Waals surface area contributed by atoms with E-state index < -0.39 is 0 Å². The van der Waals surface area contributed by atoms with Crippen LogP contribution >= 0.6 is 15.9 Å². The van der Waals surface area contributed by atoms with E-state index >= 15 is 0 Å². The normalized spacial score (nSPS) is 23.0. The molecule has 2 heteroatoms. The molecule has 1 saturated heterocycles. The monoisotopic (exact) mass is 282 g/mol. The zero-order chi connectivity index (χ0) is 11.4. The lowest BCUT2D eigenvalue weighted by molar-refractivity contribution is 0.0547. The average Bonchev–Trinajstić information content (AvgIpc) is 2.30. The van der Waals surface area contributed by atoms with Gasteiger partial charge in [-0.25, -0.2) is 0 Å². The van der Waals surface area contributed by atoms with Crippen molar-refractivity contribution < 1.29 is 4.74 Å². The number of hydrogen-bond donors (Lipinski definition) is 0. The van der Waals surface area contributed by atoms with E-state index in [0.29, 0.717) is 10.7 Å². The summed E-state index contributed by atoms with van der Waals surface area (Å²) in [6, 6.07) is 8.78. The van der Waals surface area contributed by atoms with Crippen LogP contribution in [-0.2, 0) is 11.2 Å². The highest BCUT2D eigenvalue weighted by atomic mass is 79.9. The van der Waals surface area contributed by atoms with Gasteiger partial charge in [-0.1, -0.05) is 45.8 Å². The van der Waals surface area contributed by atoms with E-state index in [1.165, 1.54) is 24.0 Å². The molecule has 0 aromatic heterocycles. The highest BCUT2D eigenvalue weighted by Gasteiger charge is 2.22. The molecule has 2 rings (SSSR count). The Labute approximate surface area is 106 Å². The number of halogens is 1. The molecule has 1 aromatic rings. The van der Waals surface area contributed by atoms with Gasteiger partial charge in [0.2, 0.25) is 0 Å². The van der Waals surface area contributed by atoms with Crippen LogP contribution in [0.2, 0.25) is 0 Å². The molecule has 0 saturated carbocycles. The molecular formula is C14H19BrO. The summed E-state index contributed by atoms with van der Waals surface area (Å²) in [7, 11) is 0. The predicted octanol–water partition coefficient (Wildman–Crippen LogP) is 3.73. The third-order valence-corrected chi connectivity index (χ3v) is 4.29. The Hall–Kier alpha value is -0.340. The zero-order valence-electron chi connectivity index (χ0n) is 9.79. The Morgan fingerprint density at radius 3 is 3.06 bits per heavy atom. The largest absolute Gasteiger partial charge is 0.381 e. The SMILES string of the molecule is Cc1cccc(CC(Br)C2CCCOC2)c1. The van der Waals surface area contributed by atoms with Crippen LogP contribution in [0.25, 0.3) is 0 Å². The number of ether oxygens (including phenoxy) is 1. The van der Waals surface area contributed by atoms with Crippen LogP contribution in [0.1, 0.15) is 24.0 Å². The lowest BCUT2D eigenvalue weighted by atomic mass is 9.94. The highest BCUT2D eigenvalue weighted by Crippen LogP contribution is 2.25. The Morgan fingerprint density at radius 2 is 2.38 bits per heavy atom. The van der Waals surface area contributed by atoms with Crippen LogP contribution in [0.4, 0.5) is 0 Å². The van der Waals surface area contributed by atoms with Crippen LogP contribution < -0.4 is 0 Å². The van der Waals surface area contributed by atoms with E-state index in [1.54, 1.807) is 0 Å². The zero-order valence-corrected chi connectivity index (χ0v) is 11.4. The Bertz CT molecular complexity index is 331. The second-order valence-electron chi connectivity index (χ2n) is 4.69. The van der Waals surface area contributed by atoms with Crippen molar-refractivity contribution in [3.05, 3.63) is 35.4 Å². The topological polar surface area (TPSA) is 9.23 Å². The van der Waals surface area contributed by atoms with Crippen molar-refractivity contribution in [1.82, 2.24) is 0 Å². The number of hydrogen-bond acceptors (Lipinski definition) is 1. The molecule has 0 aliphatic carbocycles. The molecule has 0 amide bonds.